The quantitative estimate of drug-likeness (QED) is 0.449. The Labute approximate surface area is 193 Å². The maximum absolute atomic E-state index is 13.1. The molecule has 0 saturated heterocycles. The van der Waals surface area contributed by atoms with E-state index in [0.717, 1.165) is 11.3 Å². The molecule has 0 heterocycles. The summed E-state index contributed by atoms with van der Waals surface area (Å²) in [6.45, 7) is 5.87. The lowest BCUT2D eigenvalue weighted by Crippen LogP contribution is -2.49. The van der Waals surface area contributed by atoms with Gasteiger partial charge in [-0.05, 0) is 44.5 Å². The van der Waals surface area contributed by atoms with E-state index in [4.69, 9.17) is 23.2 Å². The Bertz CT molecular complexity index is 828. The first kappa shape index (κ1) is 24.6. The van der Waals surface area contributed by atoms with Gasteiger partial charge in [-0.15, -0.1) is 11.8 Å². The molecule has 2 rings (SSSR count). The van der Waals surface area contributed by atoms with Crippen molar-refractivity contribution in [3.63, 3.8) is 0 Å². The van der Waals surface area contributed by atoms with Gasteiger partial charge in [-0.2, -0.15) is 0 Å². The van der Waals surface area contributed by atoms with E-state index in [0.29, 0.717) is 27.8 Å². The first-order chi connectivity index (χ1) is 14.3. The number of thioether (sulfide) groups is 1. The maximum Gasteiger partial charge on any atom is 0.242 e. The van der Waals surface area contributed by atoms with Gasteiger partial charge in [0, 0.05) is 45.3 Å². The van der Waals surface area contributed by atoms with E-state index in [1.54, 1.807) is 41.8 Å². The first-order valence-electron chi connectivity index (χ1n) is 10.0. The van der Waals surface area contributed by atoms with Crippen molar-refractivity contribution in [2.24, 2.45) is 0 Å². The number of hydrogen-bond acceptors (Lipinski definition) is 3. The molecule has 0 aliphatic heterocycles. The Balaban J connectivity index is 2.14. The number of hydrogen-bond donors (Lipinski definition) is 1. The smallest absolute Gasteiger partial charge is 0.242 e. The normalized spacial score (nSPS) is 12.8. The highest BCUT2D eigenvalue weighted by atomic mass is 35.5. The lowest BCUT2D eigenvalue weighted by Gasteiger charge is -2.30. The van der Waals surface area contributed by atoms with Crippen molar-refractivity contribution >= 4 is 46.8 Å². The van der Waals surface area contributed by atoms with Gasteiger partial charge >= 0.3 is 0 Å². The minimum Gasteiger partial charge on any atom is -0.352 e. The number of carbonyl (C=O) groups is 2. The van der Waals surface area contributed by atoms with E-state index in [1.807, 2.05) is 44.2 Å². The summed E-state index contributed by atoms with van der Waals surface area (Å²) in [7, 11) is 0. The number of benzene rings is 2. The van der Waals surface area contributed by atoms with Crippen LogP contribution in [0.2, 0.25) is 10.0 Å². The van der Waals surface area contributed by atoms with Crippen LogP contribution in [0.4, 0.5) is 0 Å². The summed E-state index contributed by atoms with van der Waals surface area (Å²) in [4.78, 5) is 28.5. The fraction of sp³-hybridized carbons (Fsp3) is 0.391. The summed E-state index contributed by atoms with van der Waals surface area (Å²) in [5, 5.41) is 3.92. The molecule has 30 heavy (non-hydrogen) atoms. The van der Waals surface area contributed by atoms with Gasteiger partial charge in [-0.3, -0.25) is 9.59 Å². The topological polar surface area (TPSA) is 49.4 Å². The van der Waals surface area contributed by atoms with Crippen LogP contribution in [0.25, 0.3) is 0 Å². The molecule has 0 spiro atoms. The lowest BCUT2D eigenvalue weighted by atomic mass is 10.1. The average molecular weight is 467 g/mol. The standard InChI is InChI=1S/C23H28Cl2N2O2S/c1-4-16(2)26-23(29)17(3)27(15-19-20(24)11-8-12-21(19)25)22(28)13-14-30-18-9-6-5-7-10-18/h5-12,16-17H,4,13-15H2,1-3H3,(H,26,29)/t16-,17-/m0/s1. The SMILES string of the molecule is CC[C@H](C)NC(=O)[C@H](C)N(Cc1c(Cl)cccc1Cl)C(=O)CCSc1ccccc1. The molecule has 0 aromatic heterocycles. The minimum atomic E-state index is -0.638. The molecule has 2 amide bonds. The van der Waals surface area contributed by atoms with Gasteiger partial charge in [-0.25, -0.2) is 0 Å². The molecule has 162 valence electrons. The summed E-state index contributed by atoms with van der Waals surface area (Å²) in [6.07, 6.45) is 1.12. The molecule has 0 aliphatic carbocycles. The van der Waals surface area contributed by atoms with Crippen LogP contribution in [-0.4, -0.2) is 34.6 Å². The fourth-order valence-electron chi connectivity index (χ4n) is 2.82. The molecule has 2 aromatic rings. The number of nitrogens with zero attached hydrogens (tertiary/aromatic N) is 1. The van der Waals surface area contributed by atoms with Crippen LogP contribution < -0.4 is 5.32 Å². The highest BCUT2D eigenvalue weighted by Gasteiger charge is 2.27. The summed E-state index contributed by atoms with van der Waals surface area (Å²) in [5.74, 6) is 0.327. The van der Waals surface area contributed by atoms with Gasteiger partial charge < -0.3 is 10.2 Å². The number of halogens is 2. The molecule has 1 N–H and O–H groups in total. The van der Waals surface area contributed by atoms with Crippen LogP contribution >= 0.6 is 35.0 Å². The van der Waals surface area contributed by atoms with Gasteiger partial charge in [0.25, 0.3) is 0 Å². The Hall–Kier alpha value is -1.69. The predicted molar refractivity (Wildman–Crippen MR) is 126 cm³/mol. The van der Waals surface area contributed by atoms with Crippen LogP contribution in [0.5, 0.6) is 0 Å². The zero-order valence-corrected chi connectivity index (χ0v) is 19.9. The Morgan fingerprint density at radius 1 is 1.03 bits per heavy atom. The Morgan fingerprint density at radius 2 is 1.67 bits per heavy atom. The second-order valence-electron chi connectivity index (χ2n) is 7.13. The Morgan fingerprint density at radius 3 is 2.27 bits per heavy atom. The second kappa shape index (κ2) is 12.2. The molecular formula is C23H28Cl2N2O2S. The number of amides is 2. The third-order valence-electron chi connectivity index (χ3n) is 4.89. The van der Waals surface area contributed by atoms with Gasteiger partial charge in [0.15, 0.2) is 0 Å². The number of rotatable bonds is 10. The molecule has 0 aliphatic rings. The molecule has 0 bridgehead atoms. The largest absolute Gasteiger partial charge is 0.352 e. The zero-order chi connectivity index (χ0) is 22.1. The molecule has 0 radical (unpaired) electrons. The van der Waals surface area contributed by atoms with Crippen molar-refractivity contribution in [2.45, 2.75) is 57.1 Å². The van der Waals surface area contributed by atoms with Crippen molar-refractivity contribution < 1.29 is 9.59 Å². The maximum atomic E-state index is 13.1. The van der Waals surface area contributed by atoms with Gasteiger partial charge in [0.1, 0.15) is 6.04 Å². The van der Waals surface area contributed by atoms with Crippen molar-refractivity contribution in [2.75, 3.05) is 5.75 Å². The molecule has 0 fully saturated rings. The van der Waals surface area contributed by atoms with Crippen LogP contribution in [-0.2, 0) is 16.1 Å². The van der Waals surface area contributed by atoms with Crippen molar-refractivity contribution in [1.82, 2.24) is 10.2 Å². The van der Waals surface area contributed by atoms with Crippen molar-refractivity contribution in [1.29, 1.82) is 0 Å². The van der Waals surface area contributed by atoms with Crippen molar-refractivity contribution in [3.05, 3.63) is 64.1 Å². The molecule has 2 aromatic carbocycles. The highest BCUT2D eigenvalue weighted by Crippen LogP contribution is 2.27. The van der Waals surface area contributed by atoms with Crippen LogP contribution in [0.15, 0.2) is 53.4 Å². The van der Waals surface area contributed by atoms with E-state index in [2.05, 4.69) is 5.32 Å². The second-order valence-corrected chi connectivity index (χ2v) is 9.11. The summed E-state index contributed by atoms with van der Waals surface area (Å²) in [6, 6.07) is 14.6. The highest BCUT2D eigenvalue weighted by molar-refractivity contribution is 7.99. The van der Waals surface area contributed by atoms with E-state index in [9.17, 15) is 9.59 Å². The fourth-order valence-corrected chi connectivity index (χ4v) is 4.20. The molecule has 2 atom stereocenters. The molecular weight excluding hydrogens is 439 g/mol. The third kappa shape index (κ3) is 7.22. The van der Waals surface area contributed by atoms with E-state index < -0.39 is 6.04 Å². The zero-order valence-electron chi connectivity index (χ0n) is 17.5. The predicted octanol–water partition coefficient (Wildman–Crippen LogP) is 5.81. The van der Waals surface area contributed by atoms with Gasteiger partial charge in [-0.1, -0.05) is 54.4 Å². The lowest BCUT2D eigenvalue weighted by molar-refractivity contribution is -0.140. The number of carbonyl (C=O) groups excluding carboxylic acids is 2. The molecule has 0 unspecified atom stereocenters. The molecule has 7 heteroatoms. The van der Waals surface area contributed by atoms with Crippen LogP contribution in [0, 0.1) is 0 Å². The van der Waals surface area contributed by atoms with E-state index in [-0.39, 0.29) is 24.4 Å². The number of nitrogens with one attached hydrogen (secondary N) is 1. The van der Waals surface area contributed by atoms with Gasteiger partial charge in [0.05, 0.1) is 0 Å². The van der Waals surface area contributed by atoms with Crippen LogP contribution in [0.1, 0.15) is 39.2 Å². The van der Waals surface area contributed by atoms with E-state index >= 15 is 0 Å². The molecule has 0 saturated carbocycles. The summed E-state index contributed by atoms with van der Waals surface area (Å²) in [5.41, 5.74) is 0.646. The van der Waals surface area contributed by atoms with Crippen molar-refractivity contribution in [3.8, 4) is 0 Å². The Kier molecular flexibility index (Phi) is 10.0. The van der Waals surface area contributed by atoms with E-state index in [1.165, 1.54) is 0 Å². The minimum absolute atomic E-state index is 0.0365. The third-order valence-corrected chi connectivity index (χ3v) is 6.61. The van der Waals surface area contributed by atoms with Gasteiger partial charge in [0.2, 0.25) is 11.8 Å². The molecule has 4 nitrogen and oxygen atoms in total. The van der Waals surface area contributed by atoms with Crippen LogP contribution in [0.3, 0.4) is 0 Å². The monoisotopic (exact) mass is 466 g/mol. The first-order valence-corrected chi connectivity index (χ1v) is 11.8. The summed E-state index contributed by atoms with van der Waals surface area (Å²) >= 11 is 14.3. The summed E-state index contributed by atoms with van der Waals surface area (Å²) < 4.78 is 0. The average Bonchev–Trinajstić information content (AvgIpc) is 2.73.